The molecule has 0 spiro atoms. The Morgan fingerprint density at radius 3 is 1.92 bits per heavy atom. The summed E-state index contributed by atoms with van der Waals surface area (Å²) >= 11 is 0. The van der Waals surface area contributed by atoms with E-state index in [1.54, 1.807) is 0 Å². The minimum Gasteiger partial charge on any atom is -0.515 e. The molecule has 0 aromatic rings. The first-order chi connectivity index (χ1) is 5.99. The molecule has 4 N–H and O–H groups in total. The number of carboxylic acid groups (broad SMARTS) is 2. The second-order valence-electron chi connectivity index (χ2n) is 1.94. The summed E-state index contributed by atoms with van der Waals surface area (Å²) in [6.07, 6.45) is 1.89. The number of aliphatic carboxylic acids is 2. The molecule has 0 unspecified atom stereocenters. The zero-order valence-electron chi connectivity index (χ0n) is 6.39. The average molecular weight is 185 g/mol. The molecule has 0 saturated heterocycles. The number of nitrogens with one attached hydrogen (secondary N) is 1. The quantitative estimate of drug-likeness (QED) is 0.215. The van der Waals surface area contributed by atoms with E-state index in [1.165, 1.54) is 0 Å². The maximum absolute atomic E-state index is 10.2. The summed E-state index contributed by atoms with van der Waals surface area (Å²) in [5.41, 5.74) is -1.26. The number of carboxylic acids is 2. The Bertz CT molecular complexity index is 302. The Morgan fingerprint density at radius 1 is 1.08 bits per heavy atom. The summed E-state index contributed by atoms with van der Waals surface area (Å²) < 4.78 is 0. The second-order valence-corrected chi connectivity index (χ2v) is 1.94. The highest BCUT2D eigenvalue weighted by atomic mass is 16.4. The van der Waals surface area contributed by atoms with Crippen LogP contribution >= 0.6 is 0 Å². The predicted molar refractivity (Wildman–Crippen MR) is 42.9 cm³/mol. The molecular weight excluding hydrogens is 178 g/mol. The molecule has 0 atom stereocenters. The van der Waals surface area contributed by atoms with Crippen LogP contribution in [0, 0.1) is 5.41 Å². The van der Waals surface area contributed by atoms with Gasteiger partial charge in [0.2, 0.25) is 0 Å². The molecule has 13 heavy (non-hydrogen) atoms. The van der Waals surface area contributed by atoms with Crippen LogP contribution in [0.15, 0.2) is 24.0 Å². The summed E-state index contributed by atoms with van der Waals surface area (Å²) in [6.45, 7) is 0. The number of hydrogen-bond acceptors (Lipinski definition) is 4. The van der Waals surface area contributed by atoms with Crippen LogP contribution in [0.5, 0.6) is 0 Å². The number of carbonyl (C=O) groups is 2. The van der Waals surface area contributed by atoms with E-state index < -0.39 is 23.2 Å². The van der Waals surface area contributed by atoms with Crippen molar-refractivity contribution < 1.29 is 24.9 Å². The zero-order valence-corrected chi connectivity index (χ0v) is 6.39. The molecule has 0 radical (unpaired) electrons. The van der Waals surface area contributed by atoms with Crippen LogP contribution in [0.3, 0.4) is 0 Å². The predicted octanol–water partition coefficient (Wildman–Crippen LogP) is 0.173. The minimum absolute atomic E-state index is 0.313. The van der Waals surface area contributed by atoms with E-state index >= 15 is 0 Å². The highest BCUT2D eigenvalue weighted by molar-refractivity contribution is 6.39. The SMILES string of the molecule is N=C(/C=C/C(=C/O)C(=O)O)C(=O)O. The lowest BCUT2D eigenvalue weighted by Crippen LogP contribution is -2.08. The van der Waals surface area contributed by atoms with Gasteiger partial charge in [-0.25, -0.2) is 9.59 Å². The molecule has 6 nitrogen and oxygen atoms in total. The first kappa shape index (κ1) is 10.9. The van der Waals surface area contributed by atoms with Crippen LogP contribution in [-0.4, -0.2) is 33.0 Å². The maximum atomic E-state index is 10.2. The molecule has 0 aliphatic heterocycles. The summed E-state index contributed by atoms with van der Waals surface area (Å²) in [5.74, 6) is -2.88. The molecule has 0 saturated carbocycles. The molecule has 0 aromatic carbocycles. The lowest BCUT2D eigenvalue weighted by molar-refractivity contribution is -0.132. The normalized spacial score (nSPS) is 11.5. The van der Waals surface area contributed by atoms with E-state index in [2.05, 4.69) is 0 Å². The third-order valence-corrected chi connectivity index (χ3v) is 1.05. The molecule has 0 bridgehead atoms. The lowest BCUT2D eigenvalue weighted by Gasteiger charge is -1.90. The van der Waals surface area contributed by atoms with E-state index in [0.717, 1.165) is 12.2 Å². The summed E-state index contributed by atoms with van der Waals surface area (Å²) in [4.78, 5) is 20.3. The average Bonchev–Trinajstić information content (AvgIpc) is 2.04. The van der Waals surface area contributed by atoms with Gasteiger partial charge in [-0.2, -0.15) is 0 Å². The van der Waals surface area contributed by atoms with Crippen LogP contribution in [0.2, 0.25) is 0 Å². The fraction of sp³-hybridized carbons (Fsp3) is 0. The number of hydrogen-bond donors (Lipinski definition) is 4. The highest BCUT2D eigenvalue weighted by Crippen LogP contribution is 1.95. The molecular formula is C7H7NO5. The van der Waals surface area contributed by atoms with Crippen LogP contribution in [-0.2, 0) is 9.59 Å². The van der Waals surface area contributed by atoms with Gasteiger partial charge in [0, 0.05) is 0 Å². The van der Waals surface area contributed by atoms with Gasteiger partial charge in [0.1, 0.15) is 5.71 Å². The van der Waals surface area contributed by atoms with Crippen LogP contribution in [0.4, 0.5) is 0 Å². The largest absolute Gasteiger partial charge is 0.515 e. The Hall–Kier alpha value is -2.11. The fourth-order valence-corrected chi connectivity index (χ4v) is 0.414. The third kappa shape index (κ3) is 3.71. The second kappa shape index (κ2) is 4.70. The molecule has 0 aliphatic rings. The van der Waals surface area contributed by atoms with Crippen LogP contribution < -0.4 is 0 Å². The molecule has 0 aliphatic carbocycles. The first-order valence-electron chi connectivity index (χ1n) is 3.06. The summed E-state index contributed by atoms with van der Waals surface area (Å²) in [6, 6.07) is 0. The number of aliphatic hydroxyl groups excluding tert-OH is 1. The molecule has 0 heterocycles. The third-order valence-electron chi connectivity index (χ3n) is 1.05. The monoisotopic (exact) mass is 185 g/mol. The Balaban J connectivity index is 4.51. The van der Waals surface area contributed by atoms with E-state index in [0.29, 0.717) is 6.26 Å². The summed E-state index contributed by atoms with van der Waals surface area (Å²) in [5, 5.41) is 31.6. The number of aliphatic hydroxyl groups is 1. The smallest absolute Gasteiger partial charge is 0.353 e. The Labute approximate surface area is 72.9 Å². The van der Waals surface area contributed by atoms with Crippen molar-refractivity contribution in [3.8, 4) is 0 Å². The Morgan fingerprint density at radius 2 is 1.62 bits per heavy atom. The van der Waals surface area contributed by atoms with E-state index in [4.69, 9.17) is 20.7 Å². The molecule has 0 amide bonds. The van der Waals surface area contributed by atoms with Gasteiger partial charge in [-0.3, -0.25) is 5.41 Å². The fourth-order valence-electron chi connectivity index (χ4n) is 0.414. The van der Waals surface area contributed by atoms with Crippen molar-refractivity contribution in [2.45, 2.75) is 0 Å². The molecule has 0 rings (SSSR count). The minimum atomic E-state index is -1.47. The molecule has 70 valence electrons. The number of rotatable bonds is 4. The van der Waals surface area contributed by atoms with E-state index in [9.17, 15) is 9.59 Å². The van der Waals surface area contributed by atoms with Crippen LogP contribution in [0.1, 0.15) is 0 Å². The van der Waals surface area contributed by atoms with Crippen molar-refractivity contribution in [2.24, 2.45) is 0 Å². The van der Waals surface area contributed by atoms with Gasteiger partial charge in [0.05, 0.1) is 11.8 Å². The van der Waals surface area contributed by atoms with Gasteiger partial charge < -0.3 is 15.3 Å². The van der Waals surface area contributed by atoms with Crippen molar-refractivity contribution >= 4 is 17.7 Å². The van der Waals surface area contributed by atoms with Gasteiger partial charge >= 0.3 is 11.9 Å². The zero-order chi connectivity index (χ0) is 10.4. The molecule has 0 fully saturated rings. The topological polar surface area (TPSA) is 119 Å². The van der Waals surface area contributed by atoms with Gasteiger partial charge in [-0.1, -0.05) is 0 Å². The standard InChI is InChI=1S/C7H7NO5/c8-5(7(12)13)2-1-4(3-9)6(10)11/h1-3,8-9H,(H,10,11)(H,12,13)/b2-1+,4-3-,8-5?. The van der Waals surface area contributed by atoms with Crippen molar-refractivity contribution in [3.63, 3.8) is 0 Å². The lowest BCUT2D eigenvalue weighted by atomic mass is 10.2. The van der Waals surface area contributed by atoms with Crippen molar-refractivity contribution in [3.05, 3.63) is 24.0 Å². The van der Waals surface area contributed by atoms with Crippen LogP contribution in [0.25, 0.3) is 0 Å². The molecule has 6 heteroatoms. The van der Waals surface area contributed by atoms with Gasteiger partial charge in [0.25, 0.3) is 0 Å². The maximum Gasteiger partial charge on any atom is 0.353 e. The van der Waals surface area contributed by atoms with Gasteiger partial charge in [-0.05, 0) is 12.2 Å². The Kier molecular flexibility index (Phi) is 3.94. The van der Waals surface area contributed by atoms with E-state index in [-0.39, 0.29) is 0 Å². The van der Waals surface area contributed by atoms with Crippen molar-refractivity contribution in [1.29, 1.82) is 5.41 Å². The van der Waals surface area contributed by atoms with Gasteiger partial charge in [-0.15, -0.1) is 0 Å². The summed E-state index contributed by atoms with van der Waals surface area (Å²) in [7, 11) is 0. The van der Waals surface area contributed by atoms with Crippen molar-refractivity contribution in [2.75, 3.05) is 0 Å². The highest BCUT2D eigenvalue weighted by Gasteiger charge is 2.05. The first-order valence-corrected chi connectivity index (χ1v) is 3.06. The molecule has 0 aromatic heterocycles. The van der Waals surface area contributed by atoms with Gasteiger partial charge in [0.15, 0.2) is 0 Å². The van der Waals surface area contributed by atoms with Crippen molar-refractivity contribution in [1.82, 2.24) is 0 Å². The van der Waals surface area contributed by atoms with E-state index in [1.807, 2.05) is 0 Å².